The molecule has 2 heterocycles. The largest absolute Gasteiger partial charge is 0.489 e. The van der Waals surface area contributed by atoms with Gasteiger partial charge in [-0.15, -0.1) is 11.3 Å². The van der Waals surface area contributed by atoms with Gasteiger partial charge in [0.05, 0.1) is 64.2 Å². The second-order valence-corrected chi connectivity index (χ2v) is 14.0. The smallest absolute Gasteiger partial charge is 0.393 e. The van der Waals surface area contributed by atoms with Crippen LogP contribution in [0, 0.1) is 11.8 Å². The van der Waals surface area contributed by atoms with E-state index in [0.29, 0.717) is 34.4 Å². The van der Waals surface area contributed by atoms with Crippen LogP contribution in [0.4, 0.5) is 28.9 Å². The van der Waals surface area contributed by atoms with Gasteiger partial charge < -0.3 is 30.3 Å². The minimum atomic E-state index is -4.49. The van der Waals surface area contributed by atoms with Crippen LogP contribution in [0.25, 0.3) is 10.1 Å². The molecule has 252 valence electrons. The van der Waals surface area contributed by atoms with Crippen molar-refractivity contribution in [2.45, 2.75) is 42.2 Å². The molecule has 46 heavy (non-hydrogen) atoms. The molecule has 1 aromatic heterocycles. The van der Waals surface area contributed by atoms with E-state index >= 15 is 4.39 Å². The molecule has 3 unspecified atom stereocenters. The SMILES string of the molecule is COCCOc1cc(S(C)(=O)=O)ccc1NCC#Cc1sc2c(NC3CCN(CC(O)CO)CC3F)cccc2c1CC(F)(F)F. The minimum absolute atomic E-state index is 0.0246. The number of anilines is 2. The summed E-state index contributed by atoms with van der Waals surface area (Å²) in [6.07, 6.45) is -6.46. The fourth-order valence-electron chi connectivity index (χ4n) is 5.11. The van der Waals surface area contributed by atoms with Crippen LogP contribution in [0.1, 0.15) is 16.9 Å². The van der Waals surface area contributed by atoms with Crippen molar-refractivity contribution in [2.75, 3.05) is 70.0 Å². The van der Waals surface area contributed by atoms with Gasteiger partial charge in [-0.2, -0.15) is 13.2 Å². The molecular weight excluding hydrogens is 650 g/mol. The van der Waals surface area contributed by atoms with Crippen molar-refractivity contribution in [1.82, 2.24) is 4.90 Å². The molecule has 15 heteroatoms. The number of benzene rings is 2. The van der Waals surface area contributed by atoms with E-state index in [-0.39, 0.29) is 53.9 Å². The van der Waals surface area contributed by atoms with Crippen LogP contribution in [-0.4, -0.2) is 107 Å². The van der Waals surface area contributed by atoms with E-state index in [1.54, 1.807) is 23.1 Å². The lowest BCUT2D eigenvalue weighted by molar-refractivity contribution is -0.126. The topological polar surface area (TPSA) is 120 Å². The van der Waals surface area contributed by atoms with Gasteiger partial charge in [-0.3, -0.25) is 4.90 Å². The zero-order chi connectivity index (χ0) is 33.5. The molecule has 2 aromatic carbocycles. The number of fused-ring (bicyclic) bond motifs is 1. The molecule has 1 aliphatic heterocycles. The van der Waals surface area contributed by atoms with Gasteiger partial charge >= 0.3 is 6.18 Å². The molecule has 0 radical (unpaired) electrons. The number of methoxy groups -OCH3 is 1. The van der Waals surface area contributed by atoms with Gasteiger partial charge in [0.2, 0.25) is 0 Å². The highest BCUT2D eigenvalue weighted by Gasteiger charge is 2.33. The third-order valence-corrected chi connectivity index (χ3v) is 9.64. The molecule has 4 N–H and O–H groups in total. The maximum absolute atomic E-state index is 15.1. The van der Waals surface area contributed by atoms with Crippen molar-refractivity contribution < 1.29 is 45.7 Å². The van der Waals surface area contributed by atoms with Crippen LogP contribution >= 0.6 is 11.3 Å². The van der Waals surface area contributed by atoms with Gasteiger partial charge in [-0.05, 0) is 35.6 Å². The van der Waals surface area contributed by atoms with E-state index < -0.39 is 47.4 Å². The molecular formula is C31H37F4N3O6S2. The van der Waals surface area contributed by atoms with Crippen LogP contribution in [-0.2, 0) is 21.0 Å². The van der Waals surface area contributed by atoms with Gasteiger partial charge in [0, 0.05) is 39.1 Å². The number of rotatable bonds is 13. The van der Waals surface area contributed by atoms with Crippen molar-refractivity contribution in [2.24, 2.45) is 0 Å². The first kappa shape index (κ1) is 35.7. The highest BCUT2D eigenvalue weighted by atomic mass is 32.2. The number of thiophene rings is 1. The first-order chi connectivity index (χ1) is 21.8. The molecule has 0 aliphatic carbocycles. The average molecular weight is 688 g/mol. The molecule has 4 rings (SSSR count). The summed E-state index contributed by atoms with van der Waals surface area (Å²) in [5.41, 5.74) is 1.00. The summed E-state index contributed by atoms with van der Waals surface area (Å²) in [5, 5.41) is 25.4. The Morgan fingerprint density at radius 1 is 1.20 bits per heavy atom. The van der Waals surface area contributed by atoms with Gasteiger partial charge in [-0.1, -0.05) is 24.0 Å². The summed E-state index contributed by atoms with van der Waals surface area (Å²) in [4.78, 5) is 2.03. The number of nitrogens with one attached hydrogen (secondary N) is 2. The summed E-state index contributed by atoms with van der Waals surface area (Å²) in [5.74, 6) is 6.00. The zero-order valence-electron chi connectivity index (χ0n) is 25.4. The number of alkyl halides is 4. The van der Waals surface area contributed by atoms with Gasteiger partial charge in [0.15, 0.2) is 9.84 Å². The average Bonchev–Trinajstić information content (AvgIpc) is 3.33. The summed E-state index contributed by atoms with van der Waals surface area (Å²) < 4.78 is 91.4. The minimum Gasteiger partial charge on any atom is -0.489 e. The summed E-state index contributed by atoms with van der Waals surface area (Å²) >= 11 is 1.10. The number of aliphatic hydroxyl groups is 2. The lowest BCUT2D eigenvalue weighted by Crippen LogP contribution is -2.50. The number of hydrogen-bond acceptors (Lipinski definition) is 10. The quantitative estimate of drug-likeness (QED) is 0.120. The molecule has 3 aromatic rings. The Balaban J connectivity index is 1.56. The molecule has 3 atom stereocenters. The number of halogens is 4. The number of sulfone groups is 1. The Bertz CT molecular complexity index is 1660. The molecule has 0 bridgehead atoms. The van der Waals surface area contributed by atoms with E-state index in [1.807, 2.05) is 0 Å². The third kappa shape index (κ3) is 9.69. The van der Waals surface area contributed by atoms with Crippen LogP contribution < -0.4 is 15.4 Å². The number of hydrogen-bond donors (Lipinski definition) is 4. The summed E-state index contributed by atoms with van der Waals surface area (Å²) in [7, 11) is -1.99. The fourth-order valence-corrected chi connectivity index (χ4v) is 6.92. The maximum Gasteiger partial charge on any atom is 0.393 e. The van der Waals surface area contributed by atoms with Gasteiger partial charge in [0.1, 0.15) is 18.5 Å². The van der Waals surface area contributed by atoms with Crippen LogP contribution in [0.2, 0.25) is 0 Å². The van der Waals surface area contributed by atoms with Crippen molar-refractivity contribution in [3.8, 4) is 17.6 Å². The van der Waals surface area contributed by atoms with E-state index in [9.17, 15) is 26.7 Å². The number of β-amino-alcohol motifs (C(OH)–C–C–N with tert-alkyl or cyclic N) is 1. The van der Waals surface area contributed by atoms with E-state index in [1.165, 1.54) is 25.3 Å². The number of nitrogens with zero attached hydrogens (tertiary/aromatic N) is 1. The van der Waals surface area contributed by atoms with E-state index in [4.69, 9.17) is 14.6 Å². The molecule has 1 saturated heterocycles. The second-order valence-electron chi connectivity index (χ2n) is 11.0. The van der Waals surface area contributed by atoms with Crippen LogP contribution in [0.5, 0.6) is 5.75 Å². The molecule has 1 aliphatic rings. The van der Waals surface area contributed by atoms with E-state index in [0.717, 1.165) is 17.6 Å². The Morgan fingerprint density at radius 2 is 1.98 bits per heavy atom. The summed E-state index contributed by atoms with van der Waals surface area (Å²) in [6.45, 7) is 0.723. The normalized spacial score (nSPS) is 18.2. The standard InChI is InChI=1S/C31H37F4N3O6S2/c1-43-13-14-44-28-15-21(46(2,41)42)8-9-26(28)36-11-4-7-29-23(16-31(33,34)35)22-5-3-6-27(30(22)45-29)37-25-10-12-38(18-24(25)32)17-20(40)19-39/h3,5-6,8-9,15,20,24-25,36-37,39-40H,10-14,16-19H2,1-2H3. The van der Waals surface area contributed by atoms with Gasteiger partial charge in [-0.25, -0.2) is 12.8 Å². The lowest BCUT2D eigenvalue weighted by atomic mass is 10.0. The summed E-state index contributed by atoms with van der Waals surface area (Å²) in [6, 6.07) is 8.67. The number of ether oxygens (including phenoxy) is 2. The van der Waals surface area contributed by atoms with Crippen molar-refractivity contribution in [3.05, 3.63) is 46.8 Å². The highest BCUT2D eigenvalue weighted by Crippen LogP contribution is 2.39. The monoisotopic (exact) mass is 687 g/mol. The van der Waals surface area contributed by atoms with Crippen molar-refractivity contribution in [1.29, 1.82) is 0 Å². The molecule has 1 fully saturated rings. The zero-order valence-corrected chi connectivity index (χ0v) is 27.0. The Kier molecular flexibility index (Phi) is 12.1. The third-order valence-electron chi connectivity index (χ3n) is 7.34. The number of piperidine rings is 1. The fraction of sp³-hybridized carbons (Fsp3) is 0.484. The Hall–Kier alpha value is -3.13. The van der Waals surface area contributed by atoms with Crippen LogP contribution in [0.3, 0.4) is 0 Å². The first-order valence-corrected chi connectivity index (χ1v) is 17.2. The molecule has 0 saturated carbocycles. The van der Waals surface area contributed by atoms with Crippen molar-refractivity contribution >= 4 is 42.6 Å². The number of likely N-dealkylation sites (tertiary alicyclic amines) is 1. The Morgan fingerprint density at radius 3 is 2.65 bits per heavy atom. The van der Waals surface area contributed by atoms with Crippen LogP contribution in [0.15, 0.2) is 41.3 Å². The lowest BCUT2D eigenvalue weighted by Gasteiger charge is -2.36. The molecule has 0 spiro atoms. The predicted octanol–water partition coefficient (Wildman–Crippen LogP) is 4.08. The van der Waals surface area contributed by atoms with Gasteiger partial charge in [0.25, 0.3) is 0 Å². The second kappa shape index (κ2) is 15.6. The maximum atomic E-state index is 15.1. The predicted molar refractivity (Wildman–Crippen MR) is 170 cm³/mol. The van der Waals surface area contributed by atoms with Crippen molar-refractivity contribution in [3.63, 3.8) is 0 Å². The molecule has 9 nitrogen and oxygen atoms in total. The first-order valence-electron chi connectivity index (χ1n) is 14.5. The highest BCUT2D eigenvalue weighted by molar-refractivity contribution is 7.90. The number of aliphatic hydroxyl groups excluding tert-OH is 2. The Labute approximate surface area is 269 Å². The van der Waals surface area contributed by atoms with E-state index in [2.05, 4.69) is 22.5 Å². The molecule has 0 amide bonds.